The van der Waals surface area contributed by atoms with E-state index in [1.54, 1.807) is 6.33 Å². The molecule has 0 aromatic carbocycles. The van der Waals surface area contributed by atoms with E-state index in [9.17, 15) is 0 Å². The van der Waals surface area contributed by atoms with Crippen LogP contribution in [0.1, 0.15) is 19.5 Å². The molecule has 2 heterocycles. The Kier molecular flexibility index (Phi) is 2.11. The third-order valence-corrected chi connectivity index (χ3v) is 2.10. The Morgan fingerprint density at radius 2 is 2.29 bits per heavy atom. The molecule has 0 spiro atoms. The molecule has 3 N–H and O–H groups in total. The number of imidazole rings is 1. The second-order valence-corrected chi connectivity index (χ2v) is 3.89. The lowest BCUT2D eigenvalue weighted by Crippen LogP contribution is -2.01. The zero-order valence-electron chi connectivity index (χ0n) is 8.41. The van der Waals surface area contributed by atoms with Gasteiger partial charge in [-0.1, -0.05) is 13.8 Å². The van der Waals surface area contributed by atoms with Gasteiger partial charge < -0.3 is 10.7 Å². The normalized spacial score (nSPS) is 11.4. The molecule has 74 valence electrons. The maximum atomic E-state index is 5.70. The quantitative estimate of drug-likeness (QED) is 0.757. The zero-order chi connectivity index (χ0) is 10.1. The second kappa shape index (κ2) is 3.29. The minimum atomic E-state index is 0.553. The van der Waals surface area contributed by atoms with Crippen LogP contribution in [0.4, 0.5) is 5.82 Å². The van der Waals surface area contributed by atoms with E-state index in [1.807, 2.05) is 6.07 Å². The van der Waals surface area contributed by atoms with E-state index < -0.39 is 0 Å². The van der Waals surface area contributed by atoms with E-state index in [1.165, 1.54) is 0 Å². The maximum absolute atomic E-state index is 5.70. The fourth-order valence-electron chi connectivity index (χ4n) is 1.56. The highest BCUT2D eigenvalue weighted by Gasteiger charge is 2.08. The fraction of sp³-hybridized carbons (Fsp3) is 0.400. The van der Waals surface area contributed by atoms with Gasteiger partial charge in [-0.2, -0.15) is 0 Å². The van der Waals surface area contributed by atoms with Gasteiger partial charge in [-0.15, -0.1) is 0 Å². The van der Waals surface area contributed by atoms with Gasteiger partial charge >= 0.3 is 0 Å². The van der Waals surface area contributed by atoms with E-state index in [0.717, 1.165) is 23.1 Å². The molecule has 0 fully saturated rings. The fourth-order valence-corrected chi connectivity index (χ4v) is 1.56. The summed E-state index contributed by atoms with van der Waals surface area (Å²) in [4.78, 5) is 11.6. The molecule has 0 aliphatic heterocycles. The van der Waals surface area contributed by atoms with Gasteiger partial charge in [0, 0.05) is 6.07 Å². The Morgan fingerprint density at radius 3 is 3.00 bits per heavy atom. The van der Waals surface area contributed by atoms with Crippen LogP contribution < -0.4 is 5.73 Å². The van der Waals surface area contributed by atoms with Gasteiger partial charge in [0.15, 0.2) is 0 Å². The summed E-state index contributed by atoms with van der Waals surface area (Å²) in [7, 11) is 0. The van der Waals surface area contributed by atoms with Crippen molar-refractivity contribution in [1.29, 1.82) is 0 Å². The molecule has 0 amide bonds. The average molecular weight is 190 g/mol. The zero-order valence-corrected chi connectivity index (χ0v) is 8.41. The highest BCUT2D eigenvalue weighted by molar-refractivity contribution is 5.79. The lowest BCUT2D eigenvalue weighted by Gasteiger charge is -2.05. The van der Waals surface area contributed by atoms with Gasteiger partial charge in [0.2, 0.25) is 0 Å². The number of rotatable bonds is 2. The molecule has 4 heteroatoms. The number of fused-ring (bicyclic) bond motifs is 1. The van der Waals surface area contributed by atoms with E-state index >= 15 is 0 Å². The van der Waals surface area contributed by atoms with Gasteiger partial charge in [0.05, 0.1) is 17.5 Å². The highest BCUT2D eigenvalue weighted by atomic mass is 14.9. The van der Waals surface area contributed by atoms with Crippen LogP contribution in [0.15, 0.2) is 12.4 Å². The Morgan fingerprint density at radius 1 is 1.50 bits per heavy atom. The third kappa shape index (κ3) is 1.55. The van der Waals surface area contributed by atoms with Gasteiger partial charge in [-0.3, -0.25) is 0 Å². The molecule has 2 aromatic heterocycles. The predicted octanol–water partition coefficient (Wildman–Crippen LogP) is 1.74. The number of hydrogen-bond donors (Lipinski definition) is 2. The minimum Gasteiger partial charge on any atom is -0.384 e. The molecule has 0 aliphatic carbocycles. The molecule has 4 nitrogen and oxygen atoms in total. The first kappa shape index (κ1) is 8.99. The number of H-pyrrole nitrogens is 1. The molecule has 2 aromatic rings. The van der Waals surface area contributed by atoms with Crippen molar-refractivity contribution in [1.82, 2.24) is 15.0 Å². The number of nitrogens with zero attached hydrogens (tertiary/aromatic N) is 2. The number of nitrogens with two attached hydrogens (primary N) is 1. The van der Waals surface area contributed by atoms with Crippen LogP contribution in [0.3, 0.4) is 0 Å². The van der Waals surface area contributed by atoms with Crippen molar-refractivity contribution in [2.45, 2.75) is 20.3 Å². The first-order valence-electron chi connectivity index (χ1n) is 4.75. The monoisotopic (exact) mass is 190 g/mol. The maximum Gasteiger partial charge on any atom is 0.125 e. The number of nitrogens with one attached hydrogen (secondary N) is 1. The van der Waals surface area contributed by atoms with Crippen molar-refractivity contribution in [3.8, 4) is 0 Å². The van der Waals surface area contributed by atoms with Crippen molar-refractivity contribution >= 4 is 16.9 Å². The molecule has 0 bridgehead atoms. The molecule has 0 saturated heterocycles. The Balaban J connectivity index is 2.55. The van der Waals surface area contributed by atoms with Gasteiger partial charge in [-0.25, -0.2) is 9.97 Å². The van der Waals surface area contributed by atoms with Crippen LogP contribution >= 0.6 is 0 Å². The summed E-state index contributed by atoms with van der Waals surface area (Å²) in [6.45, 7) is 4.31. The number of hydrogen-bond acceptors (Lipinski definition) is 3. The number of aromatic amines is 1. The number of aromatic nitrogens is 3. The lowest BCUT2D eigenvalue weighted by atomic mass is 10.1. The van der Waals surface area contributed by atoms with E-state index in [0.29, 0.717) is 11.7 Å². The summed E-state index contributed by atoms with van der Waals surface area (Å²) >= 11 is 0. The molecule has 2 rings (SSSR count). The lowest BCUT2D eigenvalue weighted by molar-refractivity contribution is 0.639. The summed E-state index contributed by atoms with van der Waals surface area (Å²) in [5, 5.41) is 0. The van der Waals surface area contributed by atoms with E-state index in [-0.39, 0.29) is 0 Å². The summed E-state index contributed by atoms with van der Waals surface area (Å²) in [6, 6.07) is 1.81. The summed E-state index contributed by atoms with van der Waals surface area (Å²) in [5.41, 5.74) is 8.59. The van der Waals surface area contributed by atoms with Crippen molar-refractivity contribution < 1.29 is 0 Å². The third-order valence-electron chi connectivity index (χ3n) is 2.10. The number of pyridine rings is 1. The first-order valence-corrected chi connectivity index (χ1v) is 4.75. The van der Waals surface area contributed by atoms with E-state index in [2.05, 4.69) is 28.8 Å². The Hall–Kier alpha value is -1.58. The summed E-state index contributed by atoms with van der Waals surface area (Å²) in [6.07, 6.45) is 2.59. The van der Waals surface area contributed by atoms with Crippen LogP contribution in [0.25, 0.3) is 11.0 Å². The van der Waals surface area contributed by atoms with Crippen molar-refractivity contribution in [2.75, 3.05) is 5.73 Å². The van der Waals surface area contributed by atoms with Crippen molar-refractivity contribution in [3.05, 3.63) is 18.1 Å². The van der Waals surface area contributed by atoms with Crippen LogP contribution in [-0.4, -0.2) is 15.0 Å². The van der Waals surface area contributed by atoms with Gasteiger partial charge in [0.1, 0.15) is 11.3 Å². The number of nitrogen functional groups attached to an aromatic ring is 1. The smallest absolute Gasteiger partial charge is 0.125 e. The summed E-state index contributed by atoms with van der Waals surface area (Å²) < 4.78 is 0. The SMILES string of the molecule is CC(C)Cc1nc(N)cc2[nH]cnc12. The summed E-state index contributed by atoms with van der Waals surface area (Å²) in [5.74, 6) is 1.11. The molecule has 0 radical (unpaired) electrons. The minimum absolute atomic E-state index is 0.553. The molecule has 0 atom stereocenters. The number of anilines is 1. The standard InChI is InChI=1S/C10H14N4/c1-6(2)3-8-10-7(12-5-13-10)4-9(11)14-8/h4-6H,3H2,1-2H3,(H2,11,14)(H,12,13). The molecular formula is C10H14N4. The molecule has 0 aliphatic rings. The first-order chi connectivity index (χ1) is 6.66. The predicted molar refractivity (Wildman–Crippen MR) is 56.8 cm³/mol. The van der Waals surface area contributed by atoms with Gasteiger partial charge in [0.25, 0.3) is 0 Å². The van der Waals surface area contributed by atoms with Crippen LogP contribution in [0.2, 0.25) is 0 Å². The van der Waals surface area contributed by atoms with E-state index in [4.69, 9.17) is 5.73 Å². The van der Waals surface area contributed by atoms with Crippen molar-refractivity contribution in [3.63, 3.8) is 0 Å². The Labute approximate surface area is 82.6 Å². The Bertz CT molecular complexity index is 444. The largest absolute Gasteiger partial charge is 0.384 e. The highest BCUT2D eigenvalue weighted by Crippen LogP contribution is 2.18. The van der Waals surface area contributed by atoms with Crippen LogP contribution in [0, 0.1) is 5.92 Å². The second-order valence-electron chi connectivity index (χ2n) is 3.89. The van der Waals surface area contributed by atoms with Gasteiger partial charge in [-0.05, 0) is 12.3 Å². The van der Waals surface area contributed by atoms with Crippen molar-refractivity contribution in [2.24, 2.45) is 5.92 Å². The molecule has 14 heavy (non-hydrogen) atoms. The average Bonchev–Trinajstić information content (AvgIpc) is 2.50. The van der Waals surface area contributed by atoms with Crippen LogP contribution in [-0.2, 0) is 6.42 Å². The molecule has 0 unspecified atom stereocenters. The van der Waals surface area contributed by atoms with Crippen LogP contribution in [0.5, 0.6) is 0 Å². The topological polar surface area (TPSA) is 67.6 Å². The molecule has 0 saturated carbocycles. The molecular weight excluding hydrogens is 176 g/mol.